The number of rotatable bonds is 13. The molecule has 0 radical (unpaired) electrons. The molecule has 0 aromatic heterocycles. The normalized spacial score (nSPS) is 12.5. The summed E-state index contributed by atoms with van der Waals surface area (Å²) in [5, 5.41) is 29.9. The van der Waals surface area contributed by atoms with Crippen LogP contribution in [0.15, 0.2) is 54.2 Å². The average molecular weight is 431 g/mol. The zero-order valence-electron chi connectivity index (χ0n) is 17.0. The molecule has 0 saturated carbocycles. The lowest BCUT2D eigenvalue weighted by Crippen LogP contribution is -2.41. The first-order valence-electron chi connectivity index (χ1n) is 9.34. The number of carboxylic acids is 2. The number of aromatic hydroxyl groups is 1. The van der Waals surface area contributed by atoms with E-state index in [1.165, 1.54) is 30.4 Å². The fraction of sp³-hybridized carbons (Fsp3) is 0.273. The van der Waals surface area contributed by atoms with E-state index < -0.39 is 23.9 Å². The first kappa shape index (κ1) is 25.2. The molecule has 4 N–H and O–H groups in total. The summed E-state index contributed by atoms with van der Waals surface area (Å²) in [5.41, 5.74) is 0.804. The number of amides is 1. The second kappa shape index (κ2) is 12.6. The van der Waals surface area contributed by atoms with Crippen LogP contribution in [0.4, 0.5) is 0 Å². The van der Waals surface area contributed by atoms with Gasteiger partial charge in [-0.15, -0.1) is 0 Å². The van der Waals surface area contributed by atoms with Crippen LogP contribution in [-0.2, 0) is 14.4 Å². The van der Waals surface area contributed by atoms with E-state index in [0.29, 0.717) is 11.9 Å². The molecular weight excluding hydrogens is 406 g/mol. The summed E-state index contributed by atoms with van der Waals surface area (Å²) >= 11 is 0. The van der Waals surface area contributed by atoms with Gasteiger partial charge in [-0.25, -0.2) is 4.79 Å². The SMILES string of the molecule is C=C/C(=C\C=C(/C)COc1cccc(O)c1C=O)C(=O)N[C@@H](CCCC(=O)O)C(=O)O. The molecule has 9 nitrogen and oxygen atoms in total. The van der Waals surface area contributed by atoms with Gasteiger partial charge in [0.1, 0.15) is 24.1 Å². The van der Waals surface area contributed by atoms with Crippen LogP contribution in [0.5, 0.6) is 11.5 Å². The van der Waals surface area contributed by atoms with Gasteiger partial charge in [-0.2, -0.15) is 0 Å². The maximum absolute atomic E-state index is 12.3. The Hall–Kier alpha value is -3.88. The van der Waals surface area contributed by atoms with Gasteiger partial charge in [0.2, 0.25) is 0 Å². The van der Waals surface area contributed by atoms with Crippen LogP contribution in [0.2, 0.25) is 0 Å². The Morgan fingerprint density at radius 2 is 1.94 bits per heavy atom. The molecule has 0 aliphatic heterocycles. The second-order valence-corrected chi connectivity index (χ2v) is 6.58. The molecule has 1 atom stereocenters. The predicted molar refractivity (Wildman–Crippen MR) is 112 cm³/mol. The Balaban J connectivity index is 2.78. The van der Waals surface area contributed by atoms with Gasteiger partial charge >= 0.3 is 11.9 Å². The monoisotopic (exact) mass is 431 g/mol. The minimum Gasteiger partial charge on any atom is -0.507 e. The number of ether oxygens (including phenoxy) is 1. The zero-order valence-corrected chi connectivity index (χ0v) is 17.0. The molecule has 0 aliphatic rings. The Kier molecular flexibility index (Phi) is 10.3. The lowest BCUT2D eigenvalue weighted by molar-refractivity contribution is -0.142. The number of carbonyl (C=O) groups excluding carboxylic acids is 2. The molecular formula is C22H25NO8. The van der Waals surface area contributed by atoms with Crippen LogP contribution in [0.25, 0.3) is 0 Å². The highest BCUT2D eigenvalue weighted by Crippen LogP contribution is 2.25. The lowest BCUT2D eigenvalue weighted by atomic mass is 10.1. The molecule has 0 aliphatic carbocycles. The molecule has 0 spiro atoms. The molecule has 1 amide bonds. The fourth-order valence-corrected chi connectivity index (χ4v) is 2.44. The van der Waals surface area contributed by atoms with Gasteiger partial charge in [-0.1, -0.05) is 24.8 Å². The maximum Gasteiger partial charge on any atom is 0.326 e. The molecule has 1 aromatic carbocycles. The van der Waals surface area contributed by atoms with Crippen molar-refractivity contribution < 1.29 is 39.2 Å². The Bertz CT molecular complexity index is 901. The van der Waals surface area contributed by atoms with E-state index in [2.05, 4.69) is 11.9 Å². The molecule has 0 saturated heterocycles. The van der Waals surface area contributed by atoms with Gasteiger partial charge in [0.25, 0.3) is 5.91 Å². The van der Waals surface area contributed by atoms with Crippen LogP contribution >= 0.6 is 0 Å². The van der Waals surface area contributed by atoms with E-state index in [1.54, 1.807) is 13.0 Å². The van der Waals surface area contributed by atoms with Crippen LogP contribution in [0, 0.1) is 0 Å². The average Bonchev–Trinajstić information content (AvgIpc) is 2.71. The van der Waals surface area contributed by atoms with Gasteiger partial charge in [0.05, 0.1) is 5.56 Å². The van der Waals surface area contributed by atoms with Crippen molar-refractivity contribution in [3.63, 3.8) is 0 Å². The number of carbonyl (C=O) groups is 4. The van der Waals surface area contributed by atoms with E-state index in [0.717, 1.165) is 0 Å². The summed E-state index contributed by atoms with van der Waals surface area (Å²) in [6.07, 6.45) is 4.63. The highest BCUT2D eigenvalue weighted by atomic mass is 16.5. The first-order chi connectivity index (χ1) is 14.7. The van der Waals surface area contributed by atoms with Crippen molar-refractivity contribution in [2.24, 2.45) is 0 Å². The van der Waals surface area contributed by atoms with E-state index in [9.17, 15) is 29.4 Å². The third-order valence-corrected chi connectivity index (χ3v) is 4.13. The van der Waals surface area contributed by atoms with Gasteiger partial charge in [-0.3, -0.25) is 14.4 Å². The molecule has 0 fully saturated rings. The fourth-order valence-electron chi connectivity index (χ4n) is 2.44. The minimum atomic E-state index is -1.26. The van der Waals surface area contributed by atoms with Crippen molar-refractivity contribution in [3.05, 3.63) is 59.7 Å². The molecule has 9 heteroatoms. The summed E-state index contributed by atoms with van der Waals surface area (Å²) in [5.74, 6) is -2.97. The number of carboxylic acid groups (broad SMARTS) is 2. The number of hydrogen-bond acceptors (Lipinski definition) is 6. The van der Waals surface area contributed by atoms with Gasteiger partial charge in [0.15, 0.2) is 6.29 Å². The zero-order chi connectivity index (χ0) is 23.4. The quantitative estimate of drug-likeness (QED) is 0.211. The highest BCUT2D eigenvalue weighted by molar-refractivity contribution is 5.98. The number of nitrogens with one attached hydrogen (secondary N) is 1. The first-order valence-corrected chi connectivity index (χ1v) is 9.34. The number of aldehydes is 1. The van der Waals surface area contributed by atoms with E-state index >= 15 is 0 Å². The number of phenolic OH excluding ortho intramolecular Hbond substituents is 1. The standard InChI is InChI=1S/C22H25NO8/c1-3-15(21(28)23-17(22(29)30)6-4-9-20(26)27)11-10-14(2)13-31-19-8-5-7-18(25)16(19)12-24/h3,5,7-8,10-12,17,25H,1,4,6,9,13H2,2H3,(H,23,28)(H,26,27)(H,29,30)/b14-10+,15-11+/t17-/m0/s1. The van der Waals surface area contributed by atoms with Crippen LogP contribution in [0.3, 0.4) is 0 Å². The van der Waals surface area contributed by atoms with Crippen molar-refractivity contribution in [2.45, 2.75) is 32.2 Å². The summed E-state index contributed by atoms with van der Waals surface area (Å²) < 4.78 is 5.52. The van der Waals surface area contributed by atoms with Crippen molar-refractivity contribution in [1.82, 2.24) is 5.32 Å². The van der Waals surface area contributed by atoms with Crippen molar-refractivity contribution >= 4 is 24.1 Å². The summed E-state index contributed by atoms with van der Waals surface area (Å²) in [6.45, 7) is 5.32. The van der Waals surface area contributed by atoms with E-state index in [-0.39, 0.29) is 48.5 Å². The Morgan fingerprint density at radius 1 is 1.23 bits per heavy atom. The van der Waals surface area contributed by atoms with E-state index in [4.69, 9.17) is 9.84 Å². The molecule has 0 heterocycles. The molecule has 166 valence electrons. The number of aliphatic carboxylic acids is 2. The van der Waals surface area contributed by atoms with Crippen LogP contribution in [0.1, 0.15) is 36.5 Å². The summed E-state index contributed by atoms with van der Waals surface area (Å²) in [4.78, 5) is 45.3. The summed E-state index contributed by atoms with van der Waals surface area (Å²) in [7, 11) is 0. The largest absolute Gasteiger partial charge is 0.507 e. The maximum atomic E-state index is 12.3. The van der Waals surface area contributed by atoms with E-state index in [1.807, 2.05) is 0 Å². The van der Waals surface area contributed by atoms with Crippen molar-refractivity contribution in [2.75, 3.05) is 6.61 Å². The second-order valence-electron chi connectivity index (χ2n) is 6.58. The summed E-state index contributed by atoms with van der Waals surface area (Å²) in [6, 6.07) is 3.21. The molecule has 1 aromatic rings. The highest BCUT2D eigenvalue weighted by Gasteiger charge is 2.20. The van der Waals surface area contributed by atoms with Gasteiger partial charge < -0.3 is 25.4 Å². The molecule has 1 rings (SSSR count). The van der Waals surface area contributed by atoms with Crippen molar-refractivity contribution in [3.8, 4) is 11.5 Å². The predicted octanol–water partition coefficient (Wildman–Crippen LogP) is 2.47. The Morgan fingerprint density at radius 3 is 2.52 bits per heavy atom. The third kappa shape index (κ3) is 8.57. The topological polar surface area (TPSA) is 150 Å². The number of allylic oxidation sites excluding steroid dienone is 2. The molecule has 0 unspecified atom stereocenters. The van der Waals surface area contributed by atoms with Gasteiger partial charge in [0, 0.05) is 12.0 Å². The lowest BCUT2D eigenvalue weighted by Gasteiger charge is -2.14. The molecule has 0 bridgehead atoms. The van der Waals surface area contributed by atoms with Gasteiger partial charge in [-0.05, 0) is 43.5 Å². The van der Waals surface area contributed by atoms with Crippen LogP contribution < -0.4 is 10.1 Å². The number of benzene rings is 1. The smallest absolute Gasteiger partial charge is 0.326 e. The molecule has 31 heavy (non-hydrogen) atoms. The van der Waals surface area contributed by atoms with Crippen LogP contribution in [-0.4, -0.2) is 52.1 Å². The minimum absolute atomic E-state index is 0.0243. The third-order valence-electron chi connectivity index (χ3n) is 4.13. The Labute approximate surface area is 179 Å². The number of hydrogen-bond donors (Lipinski definition) is 4. The van der Waals surface area contributed by atoms with Crippen molar-refractivity contribution in [1.29, 1.82) is 0 Å². The number of phenols is 1.